The quantitative estimate of drug-likeness (QED) is 0.734. The van der Waals surface area contributed by atoms with Gasteiger partial charge >= 0.3 is 0 Å². The van der Waals surface area contributed by atoms with Gasteiger partial charge in [-0.2, -0.15) is 11.8 Å². The average molecular weight is 265 g/mol. The van der Waals surface area contributed by atoms with Crippen molar-refractivity contribution in [1.82, 2.24) is 5.32 Å². The van der Waals surface area contributed by atoms with Crippen LogP contribution in [0, 0.1) is 0 Å². The lowest BCUT2D eigenvalue weighted by atomic mass is 10.0. The first kappa shape index (κ1) is 15.6. The van der Waals surface area contributed by atoms with Gasteiger partial charge in [0.1, 0.15) is 0 Å². The molecule has 0 saturated carbocycles. The predicted octanol–water partition coefficient (Wildman–Crippen LogP) is 4.65. The molecule has 1 aromatic rings. The van der Waals surface area contributed by atoms with E-state index in [-0.39, 0.29) is 0 Å². The molecule has 0 spiro atoms. The molecule has 1 rings (SSSR count). The van der Waals surface area contributed by atoms with E-state index in [1.165, 1.54) is 24.8 Å². The maximum atomic E-state index is 3.74. The fourth-order valence-corrected chi connectivity index (χ4v) is 2.15. The van der Waals surface area contributed by atoms with Gasteiger partial charge in [-0.25, -0.2) is 0 Å². The molecule has 0 aliphatic heterocycles. The zero-order valence-electron chi connectivity index (χ0n) is 12.2. The summed E-state index contributed by atoms with van der Waals surface area (Å²) in [6.45, 7) is 7.91. The third-order valence-corrected chi connectivity index (χ3v) is 4.62. The Bertz CT molecular complexity index is 321. The van der Waals surface area contributed by atoms with Crippen LogP contribution in [-0.4, -0.2) is 17.5 Å². The number of nitrogens with one attached hydrogen (secondary N) is 1. The first-order valence-corrected chi connectivity index (χ1v) is 8.15. The van der Waals surface area contributed by atoms with Crippen molar-refractivity contribution in [3.05, 3.63) is 35.9 Å². The van der Waals surface area contributed by atoms with E-state index < -0.39 is 0 Å². The molecule has 0 radical (unpaired) electrons. The molecule has 1 aromatic carbocycles. The molecule has 1 atom stereocenters. The second kappa shape index (κ2) is 7.85. The van der Waals surface area contributed by atoms with Gasteiger partial charge < -0.3 is 5.32 Å². The molecule has 0 aromatic heterocycles. The summed E-state index contributed by atoms with van der Waals surface area (Å²) in [5.41, 5.74) is 1.42. The van der Waals surface area contributed by atoms with Crippen LogP contribution in [0.25, 0.3) is 0 Å². The summed E-state index contributed by atoms with van der Waals surface area (Å²) in [5, 5.41) is 3.74. The van der Waals surface area contributed by atoms with E-state index in [9.17, 15) is 0 Å². The van der Waals surface area contributed by atoms with Crippen LogP contribution in [0.2, 0.25) is 0 Å². The largest absolute Gasteiger partial charge is 0.309 e. The van der Waals surface area contributed by atoms with Gasteiger partial charge in [0.2, 0.25) is 0 Å². The molecular formula is C16H27NS. The smallest absolute Gasteiger partial charge is 0.0320 e. The van der Waals surface area contributed by atoms with Crippen LogP contribution in [0.3, 0.4) is 0 Å². The number of thioether (sulfide) groups is 1. The molecule has 0 amide bonds. The molecule has 102 valence electrons. The standard InChI is InChI=1S/C16H27NS/c1-5-6-12-15(14-10-8-7-9-11-14)17-13-16(2,3)18-4/h7-11,15,17H,5-6,12-13H2,1-4H3. The van der Waals surface area contributed by atoms with Crippen molar-refractivity contribution in [2.24, 2.45) is 0 Å². The summed E-state index contributed by atoms with van der Waals surface area (Å²) in [4.78, 5) is 0. The Balaban J connectivity index is 2.62. The molecule has 0 bridgehead atoms. The van der Waals surface area contributed by atoms with Crippen molar-refractivity contribution in [3.8, 4) is 0 Å². The Morgan fingerprint density at radius 3 is 2.44 bits per heavy atom. The molecular weight excluding hydrogens is 238 g/mol. The van der Waals surface area contributed by atoms with Crippen LogP contribution in [0.1, 0.15) is 51.6 Å². The molecule has 0 aliphatic carbocycles. The third kappa shape index (κ3) is 5.45. The minimum atomic E-state index is 0.305. The van der Waals surface area contributed by atoms with Gasteiger partial charge in [0.15, 0.2) is 0 Å². The molecule has 1 unspecified atom stereocenters. The van der Waals surface area contributed by atoms with E-state index in [1.54, 1.807) is 0 Å². The molecule has 0 saturated heterocycles. The highest BCUT2D eigenvalue weighted by atomic mass is 32.2. The van der Waals surface area contributed by atoms with Gasteiger partial charge in [-0.05, 0) is 32.1 Å². The molecule has 0 heterocycles. The zero-order chi connectivity index (χ0) is 13.4. The van der Waals surface area contributed by atoms with Crippen LogP contribution >= 0.6 is 11.8 Å². The summed E-state index contributed by atoms with van der Waals surface area (Å²) in [6.07, 6.45) is 5.96. The summed E-state index contributed by atoms with van der Waals surface area (Å²) >= 11 is 1.93. The topological polar surface area (TPSA) is 12.0 Å². The summed E-state index contributed by atoms with van der Waals surface area (Å²) < 4.78 is 0.305. The summed E-state index contributed by atoms with van der Waals surface area (Å²) in [5.74, 6) is 0. The van der Waals surface area contributed by atoms with Gasteiger partial charge in [-0.3, -0.25) is 0 Å². The fraction of sp³-hybridized carbons (Fsp3) is 0.625. The Kier molecular flexibility index (Phi) is 6.80. The SMILES string of the molecule is CCCCC(NCC(C)(C)SC)c1ccccc1. The van der Waals surface area contributed by atoms with Crippen LogP contribution in [0.5, 0.6) is 0 Å². The number of benzene rings is 1. The van der Waals surface area contributed by atoms with Crippen molar-refractivity contribution in [1.29, 1.82) is 0 Å². The van der Waals surface area contributed by atoms with Gasteiger partial charge in [0.05, 0.1) is 0 Å². The second-order valence-corrected chi connectivity index (χ2v) is 6.96. The van der Waals surface area contributed by atoms with E-state index in [4.69, 9.17) is 0 Å². The van der Waals surface area contributed by atoms with E-state index in [1.807, 2.05) is 11.8 Å². The lowest BCUT2D eigenvalue weighted by Crippen LogP contribution is -2.34. The van der Waals surface area contributed by atoms with Gasteiger partial charge in [0.25, 0.3) is 0 Å². The van der Waals surface area contributed by atoms with E-state index in [0.29, 0.717) is 10.8 Å². The molecule has 1 nitrogen and oxygen atoms in total. The second-order valence-electron chi connectivity index (χ2n) is 5.45. The van der Waals surface area contributed by atoms with Crippen molar-refractivity contribution in [2.75, 3.05) is 12.8 Å². The highest BCUT2D eigenvalue weighted by Crippen LogP contribution is 2.24. The normalized spacial score (nSPS) is 13.6. The van der Waals surface area contributed by atoms with Gasteiger partial charge in [-0.15, -0.1) is 0 Å². The Morgan fingerprint density at radius 1 is 1.22 bits per heavy atom. The minimum Gasteiger partial charge on any atom is -0.309 e. The number of unbranched alkanes of at least 4 members (excludes halogenated alkanes) is 1. The van der Waals surface area contributed by atoms with Crippen molar-refractivity contribution in [2.45, 2.75) is 50.8 Å². The number of hydrogen-bond donors (Lipinski definition) is 1. The minimum absolute atomic E-state index is 0.305. The lowest BCUT2D eigenvalue weighted by Gasteiger charge is -2.27. The first-order chi connectivity index (χ1) is 8.59. The van der Waals surface area contributed by atoms with Crippen LogP contribution in [0.15, 0.2) is 30.3 Å². The third-order valence-electron chi connectivity index (χ3n) is 3.38. The van der Waals surface area contributed by atoms with Crippen molar-refractivity contribution in [3.63, 3.8) is 0 Å². The van der Waals surface area contributed by atoms with Crippen LogP contribution < -0.4 is 5.32 Å². The van der Waals surface area contributed by atoms with E-state index in [0.717, 1.165) is 6.54 Å². The highest BCUT2D eigenvalue weighted by Gasteiger charge is 2.18. The molecule has 18 heavy (non-hydrogen) atoms. The van der Waals surface area contributed by atoms with E-state index >= 15 is 0 Å². The summed E-state index contributed by atoms with van der Waals surface area (Å²) in [6, 6.07) is 11.3. The van der Waals surface area contributed by atoms with Crippen LogP contribution in [-0.2, 0) is 0 Å². The average Bonchev–Trinajstić information content (AvgIpc) is 2.40. The van der Waals surface area contributed by atoms with Crippen molar-refractivity contribution >= 4 is 11.8 Å². The van der Waals surface area contributed by atoms with Crippen LogP contribution in [0.4, 0.5) is 0 Å². The molecule has 0 fully saturated rings. The molecule has 1 N–H and O–H groups in total. The Labute approximate surface area is 117 Å². The lowest BCUT2D eigenvalue weighted by molar-refractivity contribution is 0.457. The predicted molar refractivity (Wildman–Crippen MR) is 84.3 cm³/mol. The summed E-state index contributed by atoms with van der Waals surface area (Å²) in [7, 11) is 0. The van der Waals surface area contributed by atoms with E-state index in [2.05, 4.69) is 62.7 Å². The molecule has 0 aliphatic rings. The Hall–Kier alpha value is -0.470. The molecule has 2 heteroatoms. The number of rotatable bonds is 8. The zero-order valence-corrected chi connectivity index (χ0v) is 13.0. The fourth-order valence-electron chi connectivity index (χ4n) is 1.92. The van der Waals surface area contributed by atoms with Crippen molar-refractivity contribution < 1.29 is 0 Å². The monoisotopic (exact) mass is 265 g/mol. The van der Waals surface area contributed by atoms with Gasteiger partial charge in [-0.1, -0.05) is 50.1 Å². The Morgan fingerprint density at radius 2 is 1.89 bits per heavy atom. The highest BCUT2D eigenvalue weighted by molar-refractivity contribution is 7.99. The maximum absolute atomic E-state index is 3.74. The first-order valence-electron chi connectivity index (χ1n) is 6.92. The maximum Gasteiger partial charge on any atom is 0.0320 e. The number of hydrogen-bond acceptors (Lipinski definition) is 2. The van der Waals surface area contributed by atoms with Gasteiger partial charge in [0, 0.05) is 17.3 Å².